The Morgan fingerprint density at radius 3 is 2.50 bits per heavy atom. The first-order valence-corrected chi connectivity index (χ1v) is 8.70. The van der Waals surface area contributed by atoms with Crippen LogP contribution in [0.25, 0.3) is 0 Å². The lowest BCUT2D eigenvalue weighted by Crippen LogP contribution is -2.37. The van der Waals surface area contributed by atoms with Crippen molar-refractivity contribution < 1.29 is 0 Å². The second kappa shape index (κ2) is 7.57. The predicted molar refractivity (Wildman–Crippen MR) is 97.8 cm³/mol. The van der Waals surface area contributed by atoms with Gasteiger partial charge in [0.15, 0.2) is 0 Å². The Hall–Kier alpha value is -2.21. The van der Waals surface area contributed by atoms with E-state index < -0.39 is 0 Å². The molecule has 3 heterocycles. The SMILES string of the molecule is CCN(CC)C1CCN(c2ccc(Nc3ncc(C)cn3)cn2)C1. The van der Waals surface area contributed by atoms with Crippen molar-refractivity contribution in [3.8, 4) is 0 Å². The molecule has 2 aromatic rings. The van der Waals surface area contributed by atoms with Crippen molar-refractivity contribution in [3.05, 3.63) is 36.3 Å². The summed E-state index contributed by atoms with van der Waals surface area (Å²) in [4.78, 5) is 18.0. The molecule has 1 aliphatic heterocycles. The Bertz CT molecular complexity index is 636. The van der Waals surface area contributed by atoms with Crippen molar-refractivity contribution in [2.75, 3.05) is 36.4 Å². The van der Waals surface area contributed by atoms with E-state index in [-0.39, 0.29) is 0 Å². The van der Waals surface area contributed by atoms with Gasteiger partial charge in [-0.3, -0.25) is 4.90 Å². The van der Waals surface area contributed by atoms with Gasteiger partial charge in [-0.25, -0.2) is 15.0 Å². The second-order valence-corrected chi connectivity index (χ2v) is 6.22. The van der Waals surface area contributed by atoms with Crippen LogP contribution < -0.4 is 10.2 Å². The molecule has 0 radical (unpaired) electrons. The molecule has 0 amide bonds. The fourth-order valence-corrected chi connectivity index (χ4v) is 3.22. The van der Waals surface area contributed by atoms with E-state index in [0.29, 0.717) is 12.0 Å². The minimum absolute atomic E-state index is 0.595. The van der Waals surface area contributed by atoms with Crippen LogP contribution >= 0.6 is 0 Å². The lowest BCUT2D eigenvalue weighted by atomic mass is 10.2. The maximum absolute atomic E-state index is 4.61. The van der Waals surface area contributed by atoms with Gasteiger partial charge in [-0.1, -0.05) is 13.8 Å². The van der Waals surface area contributed by atoms with Gasteiger partial charge in [-0.15, -0.1) is 0 Å². The van der Waals surface area contributed by atoms with E-state index in [1.54, 1.807) is 12.4 Å². The molecule has 1 unspecified atom stereocenters. The summed E-state index contributed by atoms with van der Waals surface area (Å²) in [6.45, 7) is 10.8. The Labute approximate surface area is 143 Å². The third-order valence-electron chi connectivity index (χ3n) is 4.60. The maximum Gasteiger partial charge on any atom is 0.227 e. The zero-order valence-electron chi connectivity index (χ0n) is 14.7. The first kappa shape index (κ1) is 16.6. The zero-order valence-corrected chi connectivity index (χ0v) is 14.7. The number of aromatic nitrogens is 3. The van der Waals surface area contributed by atoms with Crippen molar-refractivity contribution in [1.82, 2.24) is 19.9 Å². The highest BCUT2D eigenvalue weighted by Crippen LogP contribution is 2.23. The monoisotopic (exact) mass is 326 g/mol. The lowest BCUT2D eigenvalue weighted by Gasteiger charge is -2.26. The summed E-state index contributed by atoms with van der Waals surface area (Å²) < 4.78 is 0. The zero-order chi connectivity index (χ0) is 16.9. The van der Waals surface area contributed by atoms with Gasteiger partial charge in [0, 0.05) is 31.5 Å². The minimum atomic E-state index is 0.595. The summed E-state index contributed by atoms with van der Waals surface area (Å²) in [5.41, 5.74) is 1.95. The number of rotatable bonds is 6. The molecule has 1 atom stereocenters. The van der Waals surface area contributed by atoms with Gasteiger partial charge in [0.25, 0.3) is 0 Å². The number of hydrogen-bond acceptors (Lipinski definition) is 6. The highest BCUT2D eigenvalue weighted by atomic mass is 15.3. The van der Waals surface area contributed by atoms with E-state index in [9.17, 15) is 0 Å². The van der Waals surface area contributed by atoms with Crippen LogP contribution in [0.4, 0.5) is 17.5 Å². The van der Waals surface area contributed by atoms with Crippen molar-refractivity contribution in [1.29, 1.82) is 0 Å². The van der Waals surface area contributed by atoms with E-state index in [0.717, 1.165) is 43.2 Å². The van der Waals surface area contributed by atoms with E-state index in [1.165, 1.54) is 6.42 Å². The lowest BCUT2D eigenvalue weighted by molar-refractivity contribution is 0.232. The fraction of sp³-hybridized carbons (Fsp3) is 0.500. The van der Waals surface area contributed by atoms with Crippen molar-refractivity contribution in [3.63, 3.8) is 0 Å². The molecule has 0 aliphatic carbocycles. The molecule has 6 heteroatoms. The van der Waals surface area contributed by atoms with E-state index in [1.807, 2.05) is 19.2 Å². The van der Waals surface area contributed by atoms with Crippen molar-refractivity contribution in [2.24, 2.45) is 0 Å². The number of nitrogens with zero attached hydrogens (tertiary/aromatic N) is 5. The third kappa shape index (κ3) is 3.82. The van der Waals surface area contributed by atoms with E-state index in [4.69, 9.17) is 0 Å². The predicted octanol–water partition coefficient (Wildman–Crippen LogP) is 2.84. The molecular weight excluding hydrogens is 300 g/mol. The van der Waals surface area contributed by atoms with Crippen LogP contribution in [0.3, 0.4) is 0 Å². The summed E-state index contributed by atoms with van der Waals surface area (Å²) >= 11 is 0. The van der Waals surface area contributed by atoms with E-state index >= 15 is 0 Å². The normalized spacial score (nSPS) is 17.5. The Morgan fingerprint density at radius 2 is 1.88 bits per heavy atom. The van der Waals surface area contributed by atoms with Gasteiger partial charge in [0.05, 0.1) is 11.9 Å². The first-order valence-electron chi connectivity index (χ1n) is 8.70. The van der Waals surface area contributed by atoms with Gasteiger partial charge < -0.3 is 10.2 Å². The molecule has 2 aromatic heterocycles. The van der Waals surface area contributed by atoms with Crippen LogP contribution in [0.15, 0.2) is 30.7 Å². The van der Waals surface area contributed by atoms with Gasteiger partial charge in [0.2, 0.25) is 5.95 Å². The highest BCUT2D eigenvalue weighted by Gasteiger charge is 2.26. The Kier molecular flexibility index (Phi) is 5.25. The molecule has 1 saturated heterocycles. The minimum Gasteiger partial charge on any atom is -0.355 e. The first-order chi connectivity index (χ1) is 11.7. The van der Waals surface area contributed by atoms with Crippen molar-refractivity contribution >= 4 is 17.5 Å². The largest absolute Gasteiger partial charge is 0.355 e. The molecule has 3 rings (SSSR count). The molecule has 0 bridgehead atoms. The molecule has 128 valence electrons. The topological polar surface area (TPSA) is 57.2 Å². The van der Waals surface area contributed by atoms with Gasteiger partial charge in [0.1, 0.15) is 5.82 Å². The summed E-state index contributed by atoms with van der Waals surface area (Å²) in [5.74, 6) is 1.64. The number of pyridine rings is 1. The number of nitrogens with one attached hydrogen (secondary N) is 1. The molecule has 24 heavy (non-hydrogen) atoms. The van der Waals surface area contributed by atoms with Gasteiger partial charge in [-0.05, 0) is 44.1 Å². The van der Waals surface area contributed by atoms with Crippen LogP contribution in [-0.2, 0) is 0 Å². The Balaban J connectivity index is 1.61. The summed E-state index contributed by atoms with van der Waals surface area (Å²) in [6.07, 6.45) is 6.66. The van der Waals surface area contributed by atoms with Crippen LogP contribution in [0.1, 0.15) is 25.8 Å². The summed E-state index contributed by atoms with van der Waals surface area (Å²) in [6, 6.07) is 4.75. The molecule has 0 aromatic carbocycles. The molecule has 1 N–H and O–H groups in total. The number of aryl methyl sites for hydroxylation is 1. The average molecular weight is 326 g/mol. The summed E-state index contributed by atoms with van der Waals surface area (Å²) in [7, 11) is 0. The molecule has 1 aliphatic rings. The van der Waals surface area contributed by atoms with Crippen LogP contribution in [-0.4, -0.2) is 52.1 Å². The van der Waals surface area contributed by atoms with Crippen molar-refractivity contribution in [2.45, 2.75) is 33.2 Å². The smallest absolute Gasteiger partial charge is 0.227 e. The highest BCUT2D eigenvalue weighted by molar-refractivity contribution is 5.55. The third-order valence-corrected chi connectivity index (χ3v) is 4.60. The standard InChI is InChI=1S/C18H26N6/c1-4-23(5-2)16-8-9-24(13-16)17-7-6-15(12-19-17)22-18-20-10-14(3)11-21-18/h6-7,10-12,16H,4-5,8-9,13H2,1-3H3,(H,20,21,22). The fourth-order valence-electron chi connectivity index (χ4n) is 3.22. The average Bonchev–Trinajstić information content (AvgIpc) is 3.09. The second-order valence-electron chi connectivity index (χ2n) is 6.22. The molecule has 0 saturated carbocycles. The van der Waals surface area contributed by atoms with Crippen LogP contribution in [0, 0.1) is 6.92 Å². The molecule has 6 nitrogen and oxygen atoms in total. The number of hydrogen-bond donors (Lipinski definition) is 1. The Morgan fingerprint density at radius 1 is 1.12 bits per heavy atom. The van der Waals surface area contributed by atoms with E-state index in [2.05, 4.69) is 50.0 Å². The molecule has 0 spiro atoms. The van der Waals surface area contributed by atoms with Gasteiger partial charge >= 0.3 is 0 Å². The maximum atomic E-state index is 4.61. The van der Waals surface area contributed by atoms with Crippen LogP contribution in [0.5, 0.6) is 0 Å². The number of likely N-dealkylation sites (N-methyl/N-ethyl adjacent to an activating group) is 1. The summed E-state index contributed by atoms with van der Waals surface area (Å²) in [5, 5.41) is 3.18. The van der Waals surface area contributed by atoms with Crippen LogP contribution in [0.2, 0.25) is 0 Å². The quantitative estimate of drug-likeness (QED) is 0.881. The number of anilines is 3. The molecule has 1 fully saturated rings. The molecular formula is C18H26N6. The van der Waals surface area contributed by atoms with Gasteiger partial charge in [-0.2, -0.15) is 0 Å².